The number of allylic oxidation sites excluding steroid dienone is 3. The largest absolute Gasteiger partial charge is 0.416 e. The molecule has 1 rings (SSSR count). The van der Waals surface area contributed by atoms with Crippen molar-refractivity contribution in [3.05, 3.63) is 23.3 Å². The predicted octanol–water partition coefficient (Wildman–Crippen LogP) is 2.79. The van der Waals surface area contributed by atoms with Crippen LogP contribution in [0.3, 0.4) is 0 Å². The van der Waals surface area contributed by atoms with E-state index in [1.165, 1.54) is 12.2 Å². The highest BCUT2D eigenvalue weighted by atomic mass is 19.4. The van der Waals surface area contributed by atoms with Gasteiger partial charge in [-0.2, -0.15) is 13.2 Å². The second-order valence-electron chi connectivity index (χ2n) is 3.55. The highest BCUT2D eigenvalue weighted by Crippen LogP contribution is 2.34. The van der Waals surface area contributed by atoms with E-state index >= 15 is 0 Å². The van der Waals surface area contributed by atoms with Crippen molar-refractivity contribution >= 4 is 0 Å². The van der Waals surface area contributed by atoms with E-state index in [0.29, 0.717) is 19.4 Å². The fraction of sp³-hybridized carbons (Fsp3) is 0.600. The van der Waals surface area contributed by atoms with Gasteiger partial charge in [-0.15, -0.1) is 0 Å². The molecule has 0 aromatic rings. The minimum atomic E-state index is -4.22. The molecule has 0 aliphatic heterocycles. The molecule has 14 heavy (non-hydrogen) atoms. The Morgan fingerprint density at radius 2 is 2.14 bits per heavy atom. The summed E-state index contributed by atoms with van der Waals surface area (Å²) >= 11 is 0. The van der Waals surface area contributed by atoms with Crippen LogP contribution < -0.4 is 5.73 Å². The van der Waals surface area contributed by atoms with E-state index < -0.39 is 11.7 Å². The lowest BCUT2D eigenvalue weighted by atomic mass is 9.88. The van der Waals surface area contributed by atoms with Gasteiger partial charge in [0.05, 0.1) is 5.57 Å². The average Bonchev–Trinajstić information content (AvgIpc) is 2.07. The quantitative estimate of drug-likeness (QED) is 0.737. The fourth-order valence-corrected chi connectivity index (χ4v) is 1.54. The van der Waals surface area contributed by atoms with E-state index in [-0.39, 0.29) is 5.92 Å². The molecule has 1 aliphatic carbocycles. The molecule has 0 radical (unpaired) electrons. The average molecular weight is 205 g/mol. The van der Waals surface area contributed by atoms with Gasteiger partial charge in [0.2, 0.25) is 0 Å². The summed E-state index contributed by atoms with van der Waals surface area (Å²) in [5, 5.41) is 0. The molecular formula is C10H14F3N. The van der Waals surface area contributed by atoms with Crippen LogP contribution in [0.2, 0.25) is 0 Å². The smallest absolute Gasteiger partial charge is 0.330 e. The summed E-state index contributed by atoms with van der Waals surface area (Å²) in [5.74, 6) is 0.185. The molecule has 80 valence electrons. The zero-order chi connectivity index (χ0) is 10.8. The number of alkyl halides is 3. The summed E-state index contributed by atoms with van der Waals surface area (Å²) in [7, 11) is 0. The summed E-state index contributed by atoms with van der Waals surface area (Å²) in [4.78, 5) is 0. The fourth-order valence-electron chi connectivity index (χ4n) is 1.54. The van der Waals surface area contributed by atoms with Gasteiger partial charge in [0.1, 0.15) is 0 Å². The molecule has 0 amide bonds. The molecule has 0 saturated carbocycles. The number of hydrogen-bond acceptors (Lipinski definition) is 1. The van der Waals surface area contributed by atoms with Crippen LogP contribution in [0.15, 0.2) is 23.3 Å². The zero-order valence-corrected chi connectivity index (χ0v) is 8.06. The van der Waals surface area contributed by atoms with Gasteiger partial charge < -0.3 is 5.73 Å². The molecule has 4 heteroatoms. The molecule has 1 nitrogen and oxygen atoms in total. The van der Waals surface area contributed by atoms with Crippen molar-refractivity contribution in [2.45, 2.75) is 25.9 Å². The van der Waals surface area contributed by atoms with Gasteiger partial charge in [-0.3, -0.25) is 0 Å². The third kappa shape index (κ3) is 2.61. The Bertz CT molecular complexity index is 263. The second-order valence-corrected chi connectivity index (χ2v) is 3.55. The van der Waals surface area contributed by atoms with Gasteiger partial charge in [-0.1, -0.05) is 24.6 Å². The monoisotopic (exact) mass is 205 g/mol. The highest BCUT2D eigenvalue weighted by Gasteiger charge is 2.33. The molecule has 0 saturated heterocycles. The van der Waals surface area contributed by atoms with Gasteiger partial charge in [0.15, 0.2) is 0 Å². The summed E-state index contributed by atoms with van der Waals surface area (Å²) in [6, 6.07) is 0. The number of rotatable bonds is 2. The third-order valence-corrected chi connectivity index (χ3v) is 2.43. The Labute approximate surface area is 81.5 Å². The molecule has 1 unspecified atom stereocenters. The molecule has 0 fully saturated rings. The van der Waals surface area contributed by atoms with Crippen LogP contribution in [0.4, 0.5) is 13.2 Å². The normalized spacial score (nSPS) is 23.1. The molecule has 2 N–H and O–H groups in total. The standard InChI is InChI=1S/C10H14F3N/c1-7-2-3-9(10(11,12)13)6-8(7)4-5-14/h3,6-7H,2,4-5,14H2,1H3. The SMILES string of the molecule is CC1CC=C(C(F)(F)F)C=C1CCN. The molecule has 0 heterocycles. The van der Waals surface area contributed by atoms with Gasteiger partial charge in [-0.05, 0) is 25.3 Å². The van der Waals surface area contributed by atoms with Gasteiger partial charge in [0, 0.05) is 0 Å². The minimum absolute atomic E-state index is 0.185. The van der Waals surface area contributed by atoms with Gasteiger partial charge >= 0.3 is 6.18 Å². The third-order valence-electron chi connectivity index (χ3n) is 2.43. The van der Waals surface area contributed by atoms with E-state index in [9.17, 15) is 13.2 Å². The van der Waals surface area contributed by atoms with Crippen LogP contribution in [0.5, 0.6) is 0 Å². The predicted molar refractivity (Wildman–Crippen MR) is 49.7 cm³/mol. The van der Waals surface area contributed by atoms with Crippen LogP contribution in [0.1, 0.15) is 19.8 Å². The Morgan fingerprint density at radius 1 is 1.50 bits per heavy atom. The summed E-state index contributed by atoms with van der Waals surface area (Å²) in [6.45, 7) is 2.33. The first-order valence-electron chi connectivity index (χ1n) is 4.63. The van der Waals surface area contributed by atoms with Crippen molar-refractivity contribution < 1.29 is 13.2 Å². The van der Waals surface area contributed by atoms with Crippen molar-refractivity contribution in [1.29, 1.82) is 0 Å². The number of nitrogens with two attached hydrogens (primary N) is 1. The first-order chi connectivity index (χ1) is 6.45. The first kappa shape index (κ1) is 11.3. The molecule has 0 aromatic heterocycles. The second kappa shape index (κ2) is 4.17. The minimum Gasteiger partial charge on any atom is -0.330 e. The Balaban J connectivity index is 2.83. The van der Waals surface area contributed by atoms with E-state index in [0.717, 1.165) is 5.57 Å². The maximum atomic E-state index is 12.3. The van der Waals surface area contributed by atoms with E-state index in [4.69, 9.17) is 5.73 Å². The van der Waals surface area contributed by atoms with Gasteiger partial charge in [-0.25, -0.2) is 0 Å². The molecule has 1 atom stereocenters. The Morgan fingerprint density at radius 3 is 2.64 bits per heavy atom. The molecular weight excluding hydrogens is 191 g/mol. The van der Waals surface area contributed by atoms with Crippen molar-refractivity contribution in [3.8, 4) is 0 Å². The number of halogens is 3. The van der Waals surface area contributed by atoms with Crippen LogP contribution in [0, 0.1) is 5.92 Å². The Kier molecular flexibility index (Phi) is 3.37. The molecule has 0 aromatic carbocycles. The van der Waals surface area contributed by atoms with Crippen LogP contribution in [0.25, 0.3) is 0 Å². The Hall–Kier alpha value is -0.770. The van der Waals surface area contributed by atoms with E-state index in [1.54, 1.807) is 0 Å². The van der Waals surface area contributed by atoms with E-state index in [1.807, 2.05) is 6.92 Å². The summed E-state index contributed by atoms with van der Waals surface area (Å²) < 4.78 is 37.0. The van der Waals surface area contributed by atoms with Crippen molar-refractivity contribution in [1.82, 2.24) is 0 Å². The maximum absolute atomic E-state index is 12.3. The van der Waals surface area contributed by atoms with Crippen LogP contribution in [-0.4, -0.2) is 12.7 Å². The number of hydrogen-bond donors (Lipinski definition) is 1. The van der Waals surface area contributed by atoms with Crippen molar-refractivity contribution in [3.63, 3.8) is 0 Å². The summed E-state index contributed by atoms with van der Waals surface area (Å²) in [6.07, 6.45) is -0.721. The van der Waals surface area contributed by atoms with Crippen LogP contribution >= 0.6 is 0 Å². The van der Waals surface area contributed by atoms with Crippen molar-refractivity contribution in [2.24, 2.45) is 11.7 Å². The first-order valence-corrected chi connectivity index (χ1v) is 4.63. The highest BCUT2D eigenvalue weighted by molar-refractivity contribution is 5.32. The molecule has 0 bridgehead atoms. The van der Waals surface area contributed by atoms with E-state index in [2.05, 4.69) is 0 Å². The lowest BCUT2D eigenvalue weighted by Crippen LogP contribution is -2.16. The summed E-state index contributed by atoms with van der Waals surface area (Å²) in [5.41, 5.74) is 5.61. The maximum Gasteiger partial charge on any atom is 0.416 e. The lowest BCUT2D eigenvalue weighted by Gasteiger charge is -2.21. The van der Waals surface area contributed by atoms with Crippen molar-refractivity contribution in [2.75, 3.05) is 6.54 Å². The van der Waals surface area contributed by atoms with Gasteiger partial charge in [0.25, 0.3) is 0 Å². The molecule has 0 spiro atoms. The molecule has 1 aliphatic rings. The van der Waals surface area contributed by atoms with Crippen LogP contribution in [-0.2, 0) is 0 Å². The lowest BCUT2D eigenvalue weighted by molar-refractivity contribution is -0.0888. The topological polar surface area (TPSA) is 26.0 Å². The zero-order valence-electron chi connectivity index (χ0n) is 8.06.